The van der Waals surface area contributed by atoms with E-state index in [9.17, 15) is 4.79 Å². The molecule has 0 spiro atoms. The van der Waals surface area contributed by atoms with E-state index in [1.807, 2.05) is 0 Å². The van der Waals surface area contributed by atoms with Crippen molar-refractivity contribution < 1.29 is 4.79 Å². The zero-order valence-electron chi connectivity index (χ0n) is 12.9. The maximum absolute atomic E-state index is 11.4. The van der Waals surface area contributed by atoms with Crippen LogP contribution in [0.4, 0.5) is 4.79 Å². The lowest BCUT2D eigenvalue weighted by Crippen LogP contribution is -2.55. The highest BCUT2D eigenvalue weighted by Crippen LogP contribution is 2.13. The molecule has 2 amide bonds. The van der Waals surface area contributed by atoms with Crippen LogP contribution in [0.15, 0.2) is 0 Å². The topological polar surface area (TPSA) is 77.2 Å². The summed E-state index contributed by atoms with van der Waals surface area (Å²) in [6.07, 6.45) is 0. The van der Waals surface area contributed by atoms with Crippen LogP contribution in [0.25, 0.3) is 0 Å². The predicted octanol–water partition coefficient (Wildman–Crippen LogP) is -0.270. The normalized spacial score (nSPS) is 11.4. The van der Waals surface area contributed by atoms with Crippen LogP contribution in [-0.2, 0) is 0 Å². The fourth-order valence-electron chi connectivity index (χ4n) is 1.90. The quantitative estimate of drug-likeness (QED) is 0.359. The summed E-state index contributed by atoms with van der Waals surface area (Å²) in [4.78, 5) is 11.4. The van der Waals surface area contributed by atoms with E-state index in [4.69, 9.17) is 0 Å². The third-order valence-electron chi connectivity index (χ3n) is 3.10. The molecule has 6 heteroatoms. The lowest BCUT2D eigenvalue weighted by Gasteiger charge is -2.35. The van der Waals surface area contributed by atoms with E-state index in [0.29, 0.717) is 6.54 Å². The van der Waals surface area contributed by atoms with Gasteiger partial charge in [0, 0.05) is 38.6 Å². The molecule has 0 aliphatic heterocycles. The highest BCUT2D eigenvalue weighted by Gasteiger charge is 2.29. The minimum Gasteiger partial charge on any atom is -0.341 e. The van der Waals surface area contributed by atoms with Crippen LogP contribution in [0.3, 0.4) is 0 Å². The van der Waals surface area contributed by atoms with Gasteiger partial charge in [0.15, 0.2) is 0 Å². The highest BCUT2D eigenvalue weighted by molar-refractivity contribution is 5.73. The Kier molecular flexibility index (Phi) is 10.5. The second-order valence-corrected chi connectivity index (χ2v) is 4.77. The summed E-state index contributed by atoms with van der Waals surface area (Å²) in [7, 11) is 1.63. The Labute approximate surface area is 117 Å². The summed E-state index contributed by atoms with van der Waals surface area (Å²) in [6.45, 7) is 12.3. The smallest absolute Gasteiger partial charge is 0.314 e. The first kappa shape index (κ1) is 18.1. The first-order chi connectivity index (χ1) is 9.14. The minimum atomic E-state index is -0.131. The van der Waals surface area contributed by atoms with Crippen LogP contribution in [0.5, 0.6) is 0 Å². The van der Waals surface area contributed by atoms with E-state index < -0.39 is 0 Å². The lowest BCUT2D eigenvalue weighted by molar-refractivity contribution is 0.218. The molecule has 0 aliphatic rings. The summed E-state index contributed by atoms with van der Waals surface area (Å²) in [6, 6.07) is -0.131. The van der Waals surface area contributed by atoms with Gasteiger partial charge >= 0.3 is 6.03 Å². The number of hydrogen-bond acceptors (Lipinski definition) is 4. The van der Waals surface area contributed by atoms with Crippen molar-refractivity contribution in [2.75, 3.05) is 52.9 Å². The molecule has 0 aliphatic carbocycles. The summed E-state index contributed by atoms with van der Waals surface area (Å²) in [5.74, 6) is 0. The molecule has 6 nitrogen and oxygen atoms in total. The molecule has 0 rings (SSSR count). The second kappa shape index (κ2) is 11.0. The van der Waals surface area contributed by atoms with E-state index in [1.165, 1.54) is 0 Å². The first-order valence-corrected chi connectivity index (χ1v) is 7.21. The highest BCUT2D eigenvalue weighted by atomic mass is 16.2. The third kappa shape index (κ3) is 8.02. The molecule has 19 heavy (non-hydrogen) atoms. The number of carbonyl (C=O) groups is 1. The maximum Gasteiger partial charge on any atom is 0.314 e. The predicted molar refractivity (Wildman–Crippen MR) is 80.5 cm³/mol. The third-order valence-corrected chi connectivity index (χ3v) is 3.10. The molecule has 0 aromatic carbocycles. The molecule has 0 unspecified atom stereocenters. The average molecular weight is 273 g/mol. The van der Waals surface area contributed by atoms with Crippen molar-refractivity contribution in [1.29, 1.82) is 0 Å². The van der Waals surface area contributed by atoms with Crippen LogP contribution < -0.4 is 26.6 Å². The zero-order chi connectivity index (χ0) is 14.6. The number of amides is 2. The van der Waals surface area contributed by atoms with Crippen LogP contribution >= 0.6 is 0 Å². The Morgan fingerprint density at radius 3 is 1.58 bits per heavy atom. The fourth-order valence-corrected chi connectivity index (χ4v) is 1.90. The van der Waals surface area contributed by atoms with Crippen molar-refractivity contribution >= 4 is 6.03 Å². The standard InChI is InChI=1S/C13H31N5O/c1-5-15-8-13(9-16-6-2,10-17-7-3)11-18-12(19)14-4/h15-17H,5-11H2,1-4H3,(H2,14,18,19). The van der Waals surface area contributed by atoms with Gasteiger partial charge in [-0.15, -0.1) is 0 Å². The Bertz CT molecular complexity index is 213. The van der Waals surface area contributed by atoms with Gasteiger partial charge in [0.05, 0.1) is 0 Å². The molecule has 0 bridgehead atoms. The van der Waals surface area contributed by atoms with Crippen LogP contribution in [0, 0.1) is 5.41 Å². The molecule has 0 atom stereocenters. The molecule has 114 valence electrons. The molecule has 0 aromatic rings. The minimum absolute atomic E-state index is 0.0193. The van der Waals surface area contributed by atoms with E-state index in [-0.39, 0.29) is 11.4 Å². The fraction of sp³-hybridized carbons (Fsp3) is 0.923. The van der Waals surface area contributed by atoms with Crippen molar-refractivity contribution in [1.82, 2.24) is 26.6 Å². The van der Waals surface area contributed by atoms with Gasteiger partial charge in [-0.3, -0.25) is 0 Å². The Morgan fingerprint density at radius 2 is 1.26 bits per heavy atom. The van der Waals surface area contributed by atoms with Crippen molar-refractivity contribution in [2.24, 2.45) is 5.41 Å². The van der Waals surface area contributed by atoms with Gasteiger partial charge in [0.2, 0.25) is 0 Å². The largest absolute Gasteiger partial charge is 0.341 e. The summed E-state index contributed by atoms with van der Waals surface area (Å²) >= 11 is 0. The van der Waals surface area contributed by atoms with E-state index in [1.54, 1.807) is 7.05 Å². The molecule has 0 fully saturated rings. The molecule has 0 saturated carbocycles. The van der Waals surface area contributed by atoms with Gasteiger partial charge in [0.25, 0.3) is 0 Å². The van der Waals surface area contributed by atoms with Crippen molar-refractivity contribution in [3.63, 3.8) is 0 Å². The van der Waals surface area contributed by atoms with E-state index >= 15 is 0 Å². The molecule has 0 aromatic heterocycles. The number of nitrogens with one attached hydrogen (secondary N) is 5. The van der Waals surface area contributed by atoms with Gasteiger partial charge < -0.3 is 26.6 Å². The van der Waals surface area contributed by atoms with Crippen molar-refractivity contribution in [2.45, 2.75) is 20.8 Å². The SMILES string of the molecule is CCNCC(CNCC)(CNCC)CNC(=O)NC. The van der Waals surface area contributed by atoms with Crippen LogP contribution in [0.1, 0.15) is 20.8 Å². The number of hydrogen-bond donors (Lipinski definition) is 5. The molecule has 0 heterocycles. The zero-order valence-corrected chi connectivity index (χ0v) is 12.9. The number of rotatable bonds is 11. The van der Waals surface area contributed by atoms with Gasteiger partial charge in [-0.1, -0.05) is 20.8 Å². The lowest BCUT2D eigenvalue weighted by atomic mass is 9.87. The molecule has 0 radical (unpaired) electrons. The van der Waals surface area contributed by atoms with Gasteiger partial charge in [-0.2, -0.15) is 0 Å². The molecular formula is C13H31N5O. The number of urea groups is 1. The van der Waals surface area contributed by atoms with Gasteiger partial charge in [-0.25, -0.2) is 4.79 Å². The van der Waals surface area contributed by atoms with E-state index in [0.717, 1.165) is 39.3 Å². The Balaban J connectivity index is 4.60. The average Bonchev–Trinajstić information content (AvgIpc) is 2.45. The van der Waals surface area contributed by atoms with Crippen LogP contribution in [-0.4, -0.2) is 58.9 Å². The second-order valence-electron chi connectivity index (χ2n) is 4.77. The maximum atomic E-state index is 11.4. The summed E-state index contributed by atoms with van der Waals surface area (Å²) in [5, 5.41) is 15.7. The molecular weight excluding hydrogens is 242 g/mol. The molecule has 5 N–H and O–H groups in total. The van der Waals surface area contributed by atoms with Gasteiger partial charge in [-0.05, 0) is 19.6 Å². The summed E-state index contributed by atoms with van der Waals surface area (Å²) in [5.41, 5.74) is -0.0193. The Hall–Kier alpha value is -0.850. The first-order valence-electron chi connectivity index (χ1n) is 7.21. The molecule has 0 saturated heterocycles. The summed E-state index contributed by atoms with van der Waals surface area (Å²) < 4.78 is 0. The monoisotopic (exact) mass is 273 g/mol. The van der Waals surface area contributed by atoms with Crippen molar-refractivity contribution in [3.8, 4) is 0 Å². The Morgan fingerprint density at radius 1 is 0.842 bits per heavy atom. The number of carbonyl (C=O) groups excluding carboxylic acids is 1. The van der Waals surface area contributed by atoms with Gasteiger partial charge in [0.1, 0.15) is 0 Å². The van der Waals surface area contributed by atoms with Crippen LogP contribution in [0.2, 0.25) is 0 Å². The van der Waals surface area contributed by atoms with E-state index in [2.05, 4.69) is 47.4 Å². The van der Waals surface area contributed by atoms with Crippen molar-refractivity contribution in [3.05, 3.63) is 0 Å².